The zero-order valence-corrected chi connectivity index (χ0v) is 11.1. The number of nitrogens with zero attached hydrogens (tertiary/aromatic N) is 2. The monoisotopic (exact) mass is 262 g/mol. The van der Waals surface area contributed by atoms with Gasteiger partial charge in [-0.05, 0) is 19.5 Å². The fraction of sp³-hybridized carbons (Fsp3) is 0.545. The maximum Gasteiger partial charge on any atom is 0.135 e. The van der Waals surface area contributed by atoms with Gasteiger partial charge in [0, 0.05) is 32.4 Å². The van der Waals surface area contributed by atoms with E-state index < -0.39 is 0 Å². The highest BCUT2D eigenvalue weighted by molar-refractivity contribution is 6.32. The molecule has 0 saturated carbocycles. The molecular formula is C11H16Cl2N2O. The van der Waals surface area contributed by atoms with E-state index in [1.165, 1.54) is 0 Å². The Kier molecular flexibility index (Phi) is 6.06. The number of aromatic nitrogens is 1. The molecule has 0 saturated heterocycles. The summed E-state index contributed by atoms with van der Waals surface area (Å²) >= 11 is 11.7. The molecule has 1 rings (SSSR count). The van der Waals surface area contributed by atoms with Crippen LogP contribution in [0.25, 0.3) is 0 Å². The van der Waals surface area contributed by atoms with Crippen LogP contribution in [0.3, 0.4) is 0 Å². The number of methoxy groups -OCH3 is 1. The third-order valence-corrected chi connectivity index (χ3v) is 2.76. The summed E-state index contributed by atoms with van der Waals surface area (Å²) in [5.74, 6) is 0. The van der Waals surface area contributed by atoms with Gasteiger partial charge in [-0.15, -0.1) is 0 Å². The largest absolute Gasteiger partial charge is 0.385 e. The highest BCUT2D eigenvalue weighted by Crippen LogP contribution is 2.17. The molecule has 0 aromatic carbocycles. The second-order valence-electron chi connectivity index (χ2n) is 3.67. The minimum absolute atomic E-state index is 0.427. The van der Waals surface area contributed by atoms with Crippen molar-refractivity contribution in [2.24, 2.45) is 0 Å². The van der Waals surface area contributed by atoms with Gasteiger partial charge < -0.3 is 9.64 Å². The molecule has 0 unspecified atom stereocenters. The van der Waals surface area contributed by atoms with E-state index in [2.05, 4.69) is 9.88 Å². The van der Waals surface area contributed by atoms with Crippen LogP contribution in [0.1, 0.15) is 12.0 Å². The predicted molar refractivity (Wildman–Crippen MR) is 67.1 cm³/mol. The molecule has 0 fully saturated rings. The first-order valence-electron chi connectivity index (χ1n) is 5.12. The molecule has 90 valence electrons. The van der Waals surface area contributed by atoms with Crippen molar-refractivity contribution < 1.29 is 4.74 Å². The average molecular weight is 263 g/mol. The van der Waals surface area contributed by atoms with Crippen LogP contribution in [0, 0.1) is 0 Å². The van der Waals surface area contributed by atoms with Crippen LogP contribution in [-0.4, -0.2) is 37.2 Å². The number of hydrogen-bond donors (Lipinski definition) is 0. The quantitative estimate of drug-likeness (QED) is 0.583. The van der Waals surface area contributed by atoms with Gasteiger partial charge in [-0.3, -0.25) is 0 Å². The van der Waals surface area contributed by atoms with E-state index in [9.17, 15) is 0 Å². The van der Waals surface area contributed by atoms with Gasteiger partial charge in [-0.25, -0.2) is 4.98 Å². The SMILES string of the molecule is COCCCN(C)Cc1ccc(Cl)nc1Cl. The van der Waals surface area contributed by atoms with E-state index in [0.29, 0.717) is 10.3 Å². The van der Waals surface area contributed by atoms with Crippen LogP contribution >= 0.6 is 23.2 Å². The maximum absolute atomic E-state index is 5.99. The molecule has 0 aliphatic rings. The smallest absolute Gasteiger partial charge is 0.135 e. The number of ether oxygens (including phenoxy) is 1. The van der Waals surface area contributed by atoms with E-state index in [1.54, 1.807) is 13.2 Å². The topological polar surface area (TPSA) is 25.4 Å². The van der Waals surface area contributed by atoms with Crippen molar-refractivity contribution in [2.75, 3.05) is 27.3 Å². The van der Waals surface area contributed by atoms with Crippen molar-refractivity contribution in [1.29, 1.82) is 0 Å². The second kappa shape index (κ2) is 7.07. The van der Waals surface area contributed by atoms with Crippen molar-refractivity contribution in [2.45, 2.75) is 13.0 Å². The van der Waals surface area contributed by atoms with Crippen molar-refractivity contribution in [1.82, 2.24) is 9.88 Å². The predicted octanol–water partition coefficient (Wildman–Crippen LogP) is 2.86. The normalized spacial score (nSPS) is 11.1. The summed E-state index contributed by atoms with van der Waals surface area (Å²) in [5.41, 5.74) is 0.992. The Morgan fingerprint density at radius 3 is 2.75 bits per heavy atom. The highest BCUT2D eigenvalue weighted by Gasteiger charge is 2.05. The molecule has 0 N–H and O–H groups in total. The minimum Gasteiger partial charge on any atom is -0.385 e. The molecule has 0 bridgehead atoms. The number of rotatable bonds is 6. The van der Waals surface area contributed by atoms with E-state index in [-0.39, 0.29) is 0 Å². The highest BCUT2D eigenvalue weighted by atomic mass is 35.5. The Hall–Kier alpha value is -0.350. The molecule has 0 spiro atoms. The van der Waals surface area contributed by atoms with Crippen molar-refractivity contribution in [3.8, 4) is 0 Å². The summed E-state index contributed by atoms with van der Waals surface area (Å²) in [6, 6.07) is 3.66. The second-order valence-corrected chi connectivity index (χ2v) is 4.41. The van der Waals surface area contributed by atoms with Gasteiger partial charge in [0.25, 0.3) is 0 Å². The van der Waals surface area contributed by atoms with Gasteiger partial charge in [0.05, 0.1) is 0 Å². The number of pyridine rings is 1. The summed E-state index contributed by atoms with van der Waals surface area (Å²) in [6.07, 6.45) is 1.01. The van der Waals surface area contributed by atoms with Gasteiger partial charge in [-0.1, -0.05) is 29.3 Å². The first-order chi connectivity index (χ1) is 7.63. The molecule has 0 aliphatic carbocycles. The zero-order chi connectivity index (χ0) is 12.0. The molecule has 0 radical (unpaired) electrons. The maximum atomic E-state index is 5.99. The third-order valence-electron chi connectivity index (χ3n) is 2.22. The van der Waals surface area contributed by atoms with Gasteiger partial charge in [0.2, 0.25) is 0 Å². The van der Waals surface area contributed by atoms with Crippen LogP contribution in [0.4, 0.5) is 0 Å². The lowest BCUT2D eigenvalue weighted by atomic mass is 10.2. The Bertz CT molecular complexity index is 334. The summed E-state index contributed by atoms with van der Waals surface area (Å²) in [4.78, 5) is 6.18. The fourth-order valence-corrected chi connectivity index (χ4v) is 1.81. The number of halogens is 2. The van der Waals surface area contributed by atoms with Crippen LogP contribution in [-0.2, 0) is 11.3 Å². The molecule has 0 amide bonds. The van der Waals surface area contributed by atoms with Gasteiger partial charge in [-0.2, -0.15) is 0 Å². The lowest BCUT2D eigenvalue weighted by Gasteiger charge is -2.16. The number of hydrogen-bond acceptors (Lipinski definition) is 3. The van der Waals surface area contributed by atoms with Crippen LogP contribution < -0.4 is 0 Å². The average Bonchev–Trinajstić information content (AvgIpc) is 2.23. The van der Waals surface area contributed by atoms with Gasteiger partial charge in [0.1, 0.15) is 10.3 Å². The van der Waals surface area contributed by atoms with E-state index >= 15 is 0 Å². The first-order valence-corrected chi connectivity index (χ1v) is 5.87. The lowest BCUT2D eigenvalue weighted by molar-refractivity contribution is 0.178. The van der Waals surface area contributed by atoms with Crippen molar-refractivity contribution in [3.63, 3.8) is 0 Å². The molecule has 16 heavy (non-hydrogen) atoms. The van der Waals surface area contributed by atoms with E-state index in [0.717, 1.165) is 31.7 Å². The summed E-state index contributed by atoms with van der Waals surface area (Å²) < 4.78 is 5.00. The molecular weight excluding hydrogens is 247 g/mol. The molecule has 1 aromatic rings. The lowest BCUT2D eigenvalue weighted by Crippen LogP contribution is -2.20. The van der Waals surface area contributed by atoms with Crippen LogP contribution in [0.15, 0.2) is 12.1 Å². The summed E-state index contributed by atoms with van der Waals surface area (Å²) in [6.45, 7) is 2.51. The Morgan fingerprint density at radius 2 is 2.12 bits per heavy atom. The molecule has 0 aliphatic heterocycles. The van der Waals surface area contributed by atoms with Crippen LogP contribution in [0.2, 0.25) is 10.3 Å². The molecule has 0 atom stereocenters. The molecule has 5 heteroatoms. The Labute approximate surface area is 106 Å². The first kappa shape index (κ1) is 13.7. The van der Waals surface area contributed by atoms with Crippen LogP contribution in [0.5, 0.6) is 0 Å². The van der Waals surface area contributed by atoms with Gasteiger partial charge in [0.15, 0.2) is 0 Å². The molecule has 3 nitrogen and oxygen atoms in total. The summed E-state index contributed by atoms with van der Waals surface area (Å²) in [5, 5.41) is 0.905. The summed E-state index contributed by atoms with van der Waals surface area (Å²) in [7, 11) is 3.75. The van der Waals surface area contributed by atoms with Crippen molar-refractivity contribution in [3.05, 3.63) is 28.0 Å². The zero-order valence-electron chi connectivity index (χ0n) is 9.54. The van der Waals surface area contributed by atoms with E-state index in [1.807, 2.05) is 13.1 Å². The van der Waals surface area contributed by atoms with Crippen molar-refractivity contribution >= 4 is 23.2 Å². The third kappa shape index (κ3) is 4.66. The van der Waals surface area contributed by atoms with Gasteiger partial charge >= 0.3 is 0 Å². The minimum atomic E-state index is 0.427. The fourth-order valence-electron chi connectivity index (χ4n) is 1.41. The Morgan fingerprint density at radius 1 is 1.38 bits per heavy atom. The Balaban J connectivity index is 2.46. The molecule has 1 heterocycles. The molecule has 1 aromatic heterocycles. The van der Waals surface area contributed by atoms with E-state index in [4.69, 9.17) is 27.9 Å². The standard InChI is InChI=1S/C11H16Cl2N2O/c1-15(6-3-7-16-2)8-9-4-5-10(12)14-11(9)13/h4-5H,3,6-8H2,1-2H3.